The van der Waals surface area contributed by atoms with E-state index in [0.717, 1.165) is 38.5 Å². The van der Waals surface area contributed by atoms with Crippen LogP contribution in [0.3, 0.4) is 0 Å². The second kappa shape index (κ2) is 7.86. The van der Waals surface area contributed by atoms with E-state index >= 15 is 0 Å². The van der Waals surface area contributed by atoms with Gasteiger partial charge in [-0.05, 0) is 80.1 Å². The summed E-state index contributed by atoms with van der Waals surface area (Å²) in [6, 6.07) is 0. The fourth-order valence-corrected chi connectivity index (χ4v) is 7.74. The van der Waals surface area contributed by atoms with Crippen LogP contribution in [-0.4, -0.2) is 42.1 Å². The zero-order valence-electron chi connectivity index (χ0n) is 18.3. The standard InChI is InChI=1S/C24H34O6/c1-14(25)18-6-7-19-17-5-4-15-10-16(26)8-9-23(15,2)22(17)20(11-24(18,19)3)30-13-29-12-21(27)28/h10,17-20,22H,4-9,11-13H2,1-3H3,(H,27,28)/t17-,18+,19-,20+,22+,23-,24+/m0/s1. The highest BCUT2D eigenvalue weighted by Gasteiger charge is 2.63. The number of ether oxygens (including phenoxy) is 2. The van der Waals surface area contributed by atoms with Crippen molar-refractivity contribution in [3.63, 3.8) is 0 Å². The lowest BCUT2D eigenvalue weighted by Gasteiger charge is -2.60. The molecule has 0 aliphatic heterocycles. The Labute approximate surface area is 178 Å². The van der Waals surface area contributed by atoms with E-state index in [2.05, 4.69) is 13.8 Å². The first-order valence-electron chi connectivity index (χ1n) is 11.3. The maximum Gasteiger partial charge on any atom is 0.329 e. The van der Waals surface area contributed by atoms with Crippen LogP contribution in [0.15, 0.2) is 11.6 Å². The molecule has 3 saturated carbocycles. The summed E-state index contributed by atoms with van der Waals surface area (Å²) in [5.74, 6) is 0.752. The van der Waals surface area contributed by atoms with Crippen LogP contribution in [-0.2, 0) is 23.9 Å². The topological polar surface area (TPSA) is 89.9 Å². The zero-order chi connectivity index (χ0) is 21.7. The molecule has 4 aliphatic carbocycles. The van der Waals surface area contributed by atoms with Gasteiger partial charge in [0.1, 0.15) is 19.2 Å². The highest BCUT2D eigenvalue weighted by Crippen LogP contribution is 2.67. The summed E-state index contributed by atoms with van der Waals surface area (Å²) < 4.78 is 11.5. The van der Waals surface area contributed by atoms with Crippen LogP contribution in [0.4, 0.5) is 0 Å². The molecule has 166 valence electrons. The molecule has 7 atom stereocenters. The smallest absolute Gasteiger partial charge is 0.329 e. The summed E-state index contributed by atoms with van der Waals surface area (Å²) in [7, 11) is 0. The molecule has 6 nitrogen and oxygen atoms in total. The highest BCUT2D eigenvalue weighted by atomic mass is 16.7. The van der Waals surface area contributed by atoms with Crippen LogP contribution >= 0.6 is 0 Å². The Bertz CT molecular complexity index is 772. The molecular formula is C24H34O6. The summed E-state index contributed by atoms with van der Waals surface area (Å²) >= 11 is 0. The monoisotopic (exact) mass is 418 g/mol. The van der Waals surface area contributed by atoms with E-state index in [0.29, 0.717) is 18.3 Å². The average Bonchev–Trinajstić information content (AvgIpc) is 3.02. The first kappa shape index (κ1) is 21.7. The second-order valence-corrected chi connectivity index (χ2v) is 10.4. The van der Waals surface area contributed by atoms with Crippen molar-refractivity contribution in [1.82, 2.24) is 0 Å². The van der Waals surface area contributed by atoms with Gasteiger partial charge in [-0.1, -0.05) is 19.4 Å². The number of Topliss-reactive ketones (excluding diaryl/α,β-unsaturated/α-hetero) is 1. The van der Waals surface area contributed by atoms with Gasteiger partial charge in [-0.25, -0.2) is 4.79 Å². The number of carboxylic acids is 1. The third-order valence-corrected chi connectivity index (χ3v) is 8.95. The number of ketones is 2. The van der Waals surface area contributed by atoms with E-state index in [9.17, 15) is 14.4 Å². The van der Waals surface area contributed by atoms with Crippen LogP contribution in [0.5, 0.6) is 0 Å². The molecule has 0 heterocycles. The minimum atomic E-state index is -1.01. The van der Waals surface area contributed by atoms with Crippen molar-refractivity contribution in [2.24, 2.45) is 34.5 Å². The summed E-state index contributed by atoms with van der Waals surface area (Å²) in [5.41, 5.74) is 1.08. The van der Waals surface area contributed by atoms with Crippen LogP contribution in [0.1, 0.15) is 65.7 Å². The van der Waals surface area contributed by atoms with E-state index in [-0.39, 0.29) is 53.7 Å². The van der Waals surface area contributed by atoms with Gasteiger partial charge in [-0.2, -0.15) is 0 Å². The van der Waals surface area contributed by atoms with E-state index < -0.39 is 5.97 Å². The summed E-state index contributed by atoms with van der Waals surface area (Å²) in [6.07, 6.45) is 7.97. The van der Waals surface area contributed by atoms with Crippen molar-refractivity contribution in [3.8, 4) is 0 Å². The van der Waals surface area contributed by atoms with Crippen LogP contribution in [0.2, 0.25) is 0 Å². The van der Waals surface area contributed by atoms with Crippen molar-refractivity contribution in [1.29, 1.82) is 0 Å². The van der Waals surface area contributed by atoms with Gasteiger partial charge < -0.3 is 14.6 Å². The summed E-state index contributed by atoms with van der Waals surface area (Å²) in [5, 5.41) is 8.86. The normalized spacial score (nSPS) is 42.7. The van der Waals surface area contributed by atoms with Gasteiger partial charge in [-0.15, -0.1) is 0 Å². The van der Waals surface area contributed by atoms with Crippen LogP contribution < -0.4 is 0 Å². The molecule has 0 aromatic carbocycles. The van der Waals surface area contributed by atoms with Crippen LogP contribution in [0, 0.1) is 34.5 Å². The molecule has 3 fully saturated rings. The Kier molecular flexibility index (Phi) is 5.69. The Morgan fingerprint density at radius 2 is 1.97 bits per heavy atom. The number of rotatable bonds is 6. The molecule has 0 radical (unpaired) electrons. The molecular weight excluding hydrogens is 384 g/mol. The average molecular weight is 419 g/mol. The van der Waals surface area contributed by atoms with Gasteiger partial charge in [0.2, 0.25) is 0 Å². The number of hydrogen-bond acceptors (Lipinski definition) is 5. The number of carbonyl (C=O) groups is 3. The molecule has 4 aliphatic rings. The lowest BCUT2D eigenvalue weighted by atomic mass is 9.46. The Balaban J connectivity index is 1.66. The van der Waals surface area contributed by atoms with E-state index in [1.165, 1.54) is 5.57 Å². The Hall–Kier alpha value is -1.53. The predicted molar refractivity (Wildman–Crippen MR) is 110 cm³/mol. The molecule has 1 N–H and O–H groups in total. The molecule has 0 aromatic rings. The van der Waals surface area contributed by atoms with Gasteiger partial charge in [-0.3, -0.25) is 9.59 Å². The van der Waals surface area contributed by atoms with Crippen molar-refractivity contribution < 1.29 is 29.0 Å². The molecule has 0 bridgehead atoms. The second-order valence-electron chi connectivity index (χ2n) is 10.4. The van der Waals surface area contributed by atoms with E-state index in [1.54, 1.807) is 6.92 Å². The van der Waals surface area contributed by atoms with Gasteiger partial charge in [0.25, 0.3) is 0 Å². The number of carbonyl (C=O) groups excluding carboxylic acids is 2. The maximum atomic E-state index is 12.5. The quantitative estimate of drug-likeness (QED) is 0.522. The lowest BCUT2D eigenvalue weighted by molar-refractivity contribution is -0.192. The van der Waals surface area contributed by atoms with Crippen molar-refractivity contribution in [3.05, 3.63) is 11.6 Å². The van der Waals surface area contributed by atoms with Gasteiger partial charge >= 0.3 is 5.97 Å². The highest BCUT2D eigenvalue weighted by molar-refractivity contribution is 5.91. The van der Waals surface area contributed by atoms with Crippen molar-refractivity contribution in [2.75, 3.05) is 13.4 Å². The number of carboxylic acid groups (broad SMARTS) is 1. The Morgan fingerprint density at radius 3 is 2.67 bits per heavy atom. The minimum absolute atomic E-state index is 0.0558. The molecule has 0 saturated heterocycles. The predicted octanol–water partition coefficient (Wildman–Crippen LogP) is 3.78. The largest absolute Gasteiger partial charge is 0.480 e. The van der Waals surface area contributed by atoms with Crippen molar-refractivity contribution in [2.45, 2.75) is 71.8 Å². The summed E-state index contributed by atoms with van der Waals surface area (Å²) in [4.78, 5) is 35.4. The molecule has 4 rings (SSSR count). The Morgan fingerprint density at radius 1 is 1.20 bits per heavy atom. The van der Waals surface area contributed by atoms with E-state index in [1.807, 2.05) is 6.08 Å². The molecule has 30 heavy (non-hydrogen) atoms. The number of allylic oxidation sites excluding steroid dienone is 1. The first-order valence-corrected chi connectivity index (χ1v) is 11.3. The lowest BCUT2D eigenvalue weighted by Crippen LogP contribution is -2.57. The number of hydrogen-bond donors (Lipinski definition) is 1. The molecule has 0 amide bonds. The molecule has 6 heteroatoms. The minimum Gasteiger partial charge on any atom is -0.480 e. The maximum absolute atomic E-state index is 12.5. The van der Waals surface area contributed by atoms with Crippen molar-refractivity contribution >= 4 is 17.5 Å². The third kappa shape index (κ3) is 3.46. The van der Waals surface area contributed by atoms with Crippen LogP contribution in [0.25, 0.3) is 0 Å². The number of fused-ring (bicyclic) bond motifs is 5. The third-order valence-electron chi connectivity index (χ3n) is 8.95. The van der Waals surface area contributed by atoms with Gasteiger partial charge in [0.15, 0.2) is 5.78 Å². The van der Waals surface area contributed by atoms with Gasteiger partial charge in [0, 0.05) is 12.3 Å². The summed E-state index contributed by atoms with van der Waals surface area (Å²) in [6.45, 7) is 5.83. The van der Waals surface area contributed by atoms with E-state index in [4.69, 9.17) is 14.6 Å². The fourth-order valence-electron chi connectivity index (χ4n) is 7.74. The number of aliphatic carboxylic acids is 1. The zero-order valence-corrected chi connectivity index (χ0v) is 18.3. The molecule has 0 spiro atoms. The van der Waals surface area contributed by atoms with Gasteiger partial charge in [0.05, 0.1) is 6.10 Å². The molecule has 0 aromatic heterocycles. The first-order chi connectivity index (χ1) is 14.2. The fraction of sp³-hybridized carbons (Fsp3) is 0.792. The SMILES string of the molecule is CC(=O)[C@H]1CC[C@H]2[C@@H]3CCC4=CC(=O)CC[C@]4(C)[C@H]3[C@H](OCOCC(=O)O)C[C@]12C. The molecule has 0 unspecified atom stereocenters.